The lowest BCUT2D eigenvalue weighted by atomic mass is 9.96. The Morgan fingerprint density at radius 1 is 1.00 bits per heavy atom. The van der Waals surface area contributed by atoms with E-state index in [1.807, 2.05) is 50.4 Å². The van der Waals surface area contributed by atoms with Crippen LogP contribution in [0.15, 0.2) is 60.8 Å². The summed E-state index contributed by atoms with van der Waals surface area (Å²) in [6.45, 7) is 4.00. The Morgan fingerprint density at radius 2 is 1.77 bits per heavy atom. The predicted molar refractivity (Wildman–Crippen MR) is 106 cm³/mol. The fourth-order valence-electron chi connectivity index (χ4n) is 3.45. The zero-order valence-corrected chi connectivity index (χ0v) is 15.2. The van der Waals surface area contributed by atoms with E-state index in [-0.39, 0.29) is 6.04 Å². The second kappa shape index (κ2) is 7.95. The Hall–Kier alpha value is -2.96. The predicted octanol–water partition coefficient (Wildman–Crippen LogP) is 4.79. The summed E-state index contributed by atoms with van der Waals surface area (Å²) < 4.78 is 0. The number of hydrogen-bond donors (Lipinski definition) is 1. The number of hydrogen-bond acceptors (Lipinski definition) is 3. The largest absolute Gasteiger partial charge is 0.322 e. The maximum atomic E-state index is 9.38. The third-order valence-electron chi connectivity index (χ3n) is 4.66. The van der Waals surface area contributed by atoms with Gasteiger partial charge in [0.2, 0.25) is 0 Å². The Kier molecular flexibility index (Phi) is 5.46. The first-order valence-corrected chi connectivity index (χ1v) is 9.07. The molecule has 0 bridgehead atoms. The average molecular weight is 341 g/mol. The first-order chi connectivity index (χ1) is 12.8. The SMILES string of the molecule is CC.N#Cc1cccc2c1CC(N)c1ncc(-c3ccccc3)cc1C2. The minimum Gasteiger partial charge on any atom is -0.322 e. The summed E-state index contributed by atoms with van der Waals surface area (Å²) in [5, 5.41) is 9.38. The van der Waals surface area contributed by atoms with Gasteiger partial charge in [-0.25, -0.2) is 0 Å². The van der Waals surface area contributed by atoms with Crippen LogP contribution in [0, 0.1) is 11.3 Å². The van der Waals surface area contributed by atoms with Gasteiger partial charge in [0.15, 0.2) is 0 Å². The molecule has 0 radical (unpaired) electrons. The molecule has 2 aromatic carbocycles. The molecule has 1 atom stereocenters. The first-order valence-electron chi connectivity index (χ1n) is 9.07. The summed E-state index contributed by atoms with van der Waals surface area (Å²) in [6, 6.07) is 20.4. The lowest BCUT2D eigenvalue weighted by Gasteiger charge is -2.13. The summed E-state index contributed by atoms with van der Waals surface area (Å²) in [5.74, 6) is 0. The zero-order chi connectivity index (χ0) is 18.5. The van der Waals surface area contributed by atoms with E-state index in [4.69, 9.17) is 5.73 Å². The van der Waals surface area contributed by atoms with E-state index in [1.54, 1.807) is 0 Å². The molecular formula is C23H23N3. The van der Waals surface area contributed by atoms with Crippen LogP contribution in [-0.4, -0.2) is 4.98 Å². The number of pyridine rings is 1. The smallest absolute Gasteiger partial charge is 0.0994 e. The molecule has 3 aromatic rings. The Bertz CT molecular complexity index is 939. The van der Waals surface area contributed by atoms with Gasteiger partial charge in [0.25, 0.3) is 0 Å². The topological polar surface area (TPSA) is 62.7 Å². The van der Waals surface area contributed by atoms with Gasteiger partial charge in [0.05, 0.1) is 23.4 Å². The standard InChI is InChI=1S/C21H17N3.C2H6/c22-12-16-8-4-7-15-9-17-10-18(14-5-2-1-3-6-14)13-24-21(17)20(23)11-19(15)16;1-2/h1-8,10,13,20H,9,11,23H2;1-2H3. The summed E-state index contributed by atoms with van der Waals surface area (Å²) in [5.41, 5.74) is 13.7. The minimum atomic E-state index is -0.180. The van der Waals surface area contributed by atoms with Gasteiger partial charge < -0.3 is 5.73 Å². The van der Waals surface area contributed by atoms with Crippen molar-refractivity contribution in [2.75, 3.05) is 0 Å². The van der Waals surface area contributed by atoms with E-state index in [9.17, 15) is 5.26 Å². The molecule has 3 nitrogen and oxygen atoms in total. The van der Waals surface area contributed by atoms with E-state index in [1.165, 1.54) is 5.56 Å². The van der Waals surface area contributed by atoms with Crippen LogP contribution in [0.25, 0.3) is 11.1 Å². The molecule has 1 heterocycles. The van der Waals surface area contributed by atoms with E-state index in [0.717, 1.165) is 39.9 Å². The van der Waals surface area contributed by atoms with Crippen molar-refractivity contribution in [1.82, 2.24) is 4.98 Å². The molecule has 1 aromatic heterocycles. The molecule has 0 fully saturated rings. The molecule has 1 unspecified atom stereocenters. The second-order valence-electron chi connectivity index (χ2n) is 6.18. The monoisotopic (exact) mass is 341 g/mol. The quantitative estimate of drug-likeness (QED) is 0.692. The van der Waals surface area contributed by atoms with Crippen molar-refractivity contribution < 1.29 is 0 Å². The Morgan fingerprint density at radius 3 is 2.50 bits per heavy atom. The molecule has 26 heavy (non-hydrogen) atoms. The summed E-state index contributed by atoms with van der Waals surface area (Å²) in [6.07, 6.45) is 3.32. The van der Waals surface area contributed by atoms with Gasteiger partial charge in [-0.05, 0) is 47.2 Å². The molecule has 130 valence electrons. The summed E-state index contributed by atoms with van der Waals surface area (Å²) >= 11 is 0. The molecule has 0 spiro atoms. The van der Waals surface area contributed by atoms with Gasteiger partial charge in [0, 0.05) is 11.8 Å². The number of rotatable bonds is 1. The van der Waals surface area contributed by atoms with Crippen molar-refractivity contribution in [3.63, 3.8) is 0 Å². The van der Waals surface area contributed by atoms with E-state index >= 15 is 0 Å². The van der Waals surface area contributed by atoms with Crippen molar-refractivity contribution in [3.8, 4) is 17.2 Å². The van der Waals surface area contributed by atoms with Crippen molar-refractivity contribution in [2.24, 2.45) is 5.73 Å². The highest BCUT2D eigenvalue weighted by molar-refractivity contribution is 5.64. The molecule has 0 saturated heterocycles. The maximum absolute atomic E-state index is 9.38. The fraction of sp³-hybridized carbons (Fsp3) is 0.217. The molecule has 2 N–H and O–H groups in total. The van der Waals surface area contributed by atoms with E-state index in [0.29, 0.717) is 6.42 Å². The highest BCUT2D eigenvalue weighted by Gasteiger charge is 2.22. The van der Waals surface area contributed by atoms with Gasteiger partial charge in [0.1, 0.15) is 0 Å². The van der Waals surface area contributed by atoms with Gasteiger partial charge in [-0.15, -0.1) is 0 Å². The molecule has 1 aliphatic carbocycles. The number of nitrogens with zero attached hydrogens (tertiary/aromatic N) is 2. The third kappa shape index (κ3) is 3.37. The first kappa shape index (κ1) is 17.8. The highest BCUT2D eigenvalue weighted by Crippen LogP contribution is 2.32. The van der Waals surface area contributed by atoms with Crippen molar-refractivity contribution in [3.05, 3.63) is 88.7 Å². The van der Waals surface area contributed by atoms with Crippen molar-refractivity contribution in [2.45, 2.75) is 32.7 Å². The van der Waals surface area contributed by atoms with Crippen LogP contribution >= 0.6 is 0 Å². The van der Waals surface area contributed by atoms with Crippen LogP contribution in [0.3, 0.4) is 0 Å². The fourth-order valence-corrected chi connectivity index (χ4v) is 3.45. The maximum Gasteiger partial charge on any atom is 0.0994 e. The highest BCUT2D eigenvalue weighted by atomic mass is 14.8. The van der Waals surface area contributed by atoms with Crippen LogP contribution in [0.1, 0.15) is 47.8 Å². The van der Waals surface area contributed by atoms with Crippen molar-refractivity contribution in [1.29, 1.82) is 5.26 Å². The Balaban J connectivity index is 0.000000948. The molecule has 3 heteroatoms. The molecule has 0 saturated carbocycles. The van der Waals surface area contributed by atoms with Gasteiger partial charge >= 0.3 is 0 Å². The number of nitrogens with two attached hydrogens (primary N) is 1. The second-order valence-corrected chi connectivity index (χ2v) is 6.18. The zero-order valence-electron chi connectivity index (χ0n) is 15.2. The number of nitriles is 1. The van der Waals surface area contributed by atoms with Gasteiger partial charge in [-0.3, -0.25) is 4.98 Å². The lowest BCUT2D eigenvalue weighted by molar-refractivity contribution is 0.697. The molecule has 0 aliphatic heterocycles. The Labute approximate surface area is 155 Å². The van der Waals surface area contributed by atoms with Crippen LogP contribution < -0.4 is 5.73 Å². The lowest BCUT2D eigenvalue weighted by Crippen LogP contribution is -2.15. The van der Waals surface area contributed by atoms with Gasteiger partial charge in [-0.1, -0.05) is 56.3 Å². The van der Waals surface area contributed by atoms with Gasteiger partial charge in [-0.2, -0.15) is 5.26 Å². The normalized spacial score (nSPS) is 14.8. The summed E-state index contributed by atoms with van der Waals surface area (Å²) in [7, 11) is 0. The third-order valence-corrected chi connectivity index (χ3v) is 4.66. The number of benzene rings is 2. The number of fused-ring (bicyclic) bond motifs is 2. The van der Waals surface area contributed by atoms with E-state index < -0.39 is 0 Å². The minimum absolute atomic E-state index is 0.180. The van der Waals surface area contributed by atoms with Crippen LogP contribution in [-0.2, 0) is 12.8 Å². The molecule has 4 rings (SSSR count). The molecule has 0 amide bonds. The van der Waals surface area contributed by atoms with Crippen LogP contribution in [0.4, 0.5) is 0 Å². The van der Waals surface area contributed by atoms with Crippen molar-refractivity contribution >= 4 is 0 Å². The molecular weight excluding hydrogens is 318 g/mol. The van der Waals surface area contributed by atoms with Crippen LogP contribution in [0.2, 0.25) is 0 Å². The average Bonchev–Trinajstić information content (AvgIpc) is 2.85. The summed E-state index contributed by atoms with van der Waals surface area (Å²) in [4.78, 5) is 4.67. The molecule has 1 aliphatic rings. The van der Waals surface area contributed by atoms with E-state index in [2.05, 4.69) is 35.3 Å². The van der Waals surface area contributed by atoms with Crippen LogP contribution in [0.5, 0.6) is 0 Å². The number of aromatic nitrogens is 1.